The molecule has 0 saturated carbocycles. The Kier molecular flexibility index (Phi) is 2.67. The van der Waals surface area contributed by atoms with E-state index >= 15 is 0 Å². The van der Waals surface area contributed by atoms with Crippen LogP contribution < -0.4 is 0 Å². The lowest BCUT2D eigenvalue weighted by atomic mass is 9.83. The number of hydrogen-bond donors (Lipinski definition) is 0. The first-order valence-corrected chi connectivity index (χ1v) is 5.95. The van der Waals surface area contributed by atoms with Crippen molar-refractivity contribution in [3.8, 4) is 29.0 Å². The normalized spacial score (nSPS) is 11.8. The highest BCUT2D eigenvalue weighted by Crippen LogP contribution is 2.33. The van der Waals surface area contributed by atoms with Crippen LogP contribution in [0.25, 0.3) is 11.1 Å². The summed E-state index contributed by atoms with van der Waals surface area (Å²) in [6.45, 7) is 0. The van der Waals surface area contributed by atoms with Crippen molar-refractivity contribution >= 4 is 11.6 Å². The molecule has 0 heterocycles. The lowest BCUT2D eigenvalue weighted by Crippen LogP contribution is -2.21. The molecule has 3 heteroatoms. The van der Waals surface area contributed by atoms with Crippen LogP contribution in [0, 0.1) is 23.2 Å². The van der Waals surface area contributed by atoms with Gasteiger partial charge in [-0.2, -0.15) is 5.26 Å². The average molecular weight is 257 g/mol. The maximum atomic E-state index is 12.1. The van der Waals surface area contributed by atoms with Gasteiger partial charge >= 0.3 is 0 Å². The molecule has 2 aromatic rings. The Morgan fingerprint density at radius 3 is 2.15 bits per heavy atom. The van der Waals surface area contributed by atoms with E-state index in [9.17, 15) is 9.59 Å². The molecule has 3 nitrogen and oxygen atoms in total. The summed E-state index contributed by atoms with van der Waals surface area (Å²) in [5.41, 5.74) is 2.86. The van der Waals surface area contributed by atoms with Gasteiger partial charge in [0.25, 0.3) is 0 Å². The maximum Gasteiger partial charge on any atom is 0.234 e. The van der Waals surface area contributed by atoms with Gasteiger partial charge in [-0.1, -0.05) is 30.2 Å². The van der Waals surface area contributed by atoms with Crippen molar-refractivity contribution in [2.75, 3.05) is 0 Å². The Bertz CT molecular complexity index is 861. The molecule has 0 atom stereocenters. The number of nitriles is 1. The van der Waals surface area contributed by atoms with Crippen molar-refractivity contribution in [3.63, 3.8) is 0 Å². The lowest BCUT2D eigenvalue weighted by Gasteiger charge is -2.17. The second-order valence-electron chi connectivity index (χ2n) is 4.33. The lowest BCUT2D eigenvalue weighted by molar-refractivity contribution is 0.0815. The average Bonchev–Trinajstić information content (AvgIpc) is 2.50. The zero-order chi connectivity index (χ0) is 14.1. The predicted octanol–water partition coefficient (Wildman–Crippen LogP) is 2.61. The SMILES string of the molecule is N#CC#Cc1ccc2c(c1)-c1ccccc1C(=O)C2=O. The first-order valence-electron chi connectivity index (χ1n) is 5.95. The van der Waals surface area contributed by atoms with E-state index in [1.807, 2.05) is 6.07 Å². The number of nitrogens with zero attached hydrogens (tertiary/aromatic N) is 1. The van der Waals surface area contributed by atoms with Gasteiger partial charge in [-0.05, 0) is 29.3 Å². The molecule has 0 spiro atoms. The Morgan fingerprint density at radius 2 is 1.45 bits per heavy atom. The van der Waals surface area contributed by atoms with Gasteiger partial charge in [0.05, 0.1) is 0 Å². The standard InChI is InChI=1S/C17H7NO2/c18-9-3-4-11-7-8-14-15(10-11)12-5-1-2-6-13(12)16(19)17(14)20/h1-2,5-8,10H. The largest absolute Gasteiger partial charge is 0.285 e. The third-order valence-corrected chi connectivity index (χ3v) is 3.20. The van der Waals surface area contributed by atoms with E-state index in [0.717, 1.165) is 5.56 Å². The van der Waals surface area contributed by atoms with E-state index in [1.54, 1.807) is 42.5 Å². The topological polar surface area (TPSA) is 57.9 Å². The van der Waals surface area contributed by atoms with Gasteiger partial charge in [0.15, 0.2) is 6.07 Å². The number of fused-ring (bicyclic) bond motifs is 3. The van der Waals surface area contributed by atoms with Crippen molar-refractivity contribution < 1.29 is 9.59 Å². The second-order valence-corrected chi connectivity index (χ2v) is 4.33. The number of Topliss-reactive ketones (excluding diaryl/α,β-unsaturated/α-hetero) is 2. The van der Waals surface area contributed by atoms with Crippen LogP contribution in [0.2, 0.25) is 0 Å². The molecule has 0 saturated heterocycles. The first kappa shape index (κ1) is 11.9. The van der Waals surface area contributed by atoms with Gasteiger partial charge in [-0.3, -0.25) is 9.59 Å². The summed E-state index contributed by atoms with van der Waals surface area (Å²) < 4.78 is 0. The molecular weight excluding hydrogens is 250 g/mol. The van der Waals surface area contributed by atoms with Gasteiger partial charge in [-0.15, -0.1) is 0 Å². The van der Waals surface area contributed by atoms with Crippen molar-refractivity contribution in [3.05, 3.63) is 59.2 Å². The molecule has 92 valence electrons. The Hall–Kier alpha value is -3.17. The molecule has 20 heavy (non-hydrogen) atoms. The van der Waals surface area contributed by atoms with Crippen LogP contribution in [0.3, 0.4) is 0 Å². The van der Waals surface area contributed by atoms with Crippen LogP contribution in [-0.4, -0.2) is 11.6 Å². The molecule has 2 aromatic carbocycles. The molecule has 0 radical (unpaired) electrons. The van der Waals surface area contributed by atoms with Gasteiger partial charge in [0.2, 0.25) is 11.6 Å². The molecule has 0 aliphatic heterocycles. The molecule has 0 amide bonds. The molecular formula is C17H7NO2. The molecule has 0 aromatic heterocycles. The zero-order valence-electron chi connectivity index (χ0n) is 10.3. The summed E-state index contributed by atoms with van der Waals surface area (Å²) in [7, 11) is 0. The summed E-state index contributed by atoms with van der Waals surface area (Å²) in [5, 5.41) is 8.48. The van der Waals surface area contributed by atoms with Crippen LogP contribution in [0.1, 0.15) is 26.3 Å². The van der Waals surface area contributed by atoms with E-state index in [1.165, 1.54) is 0 Å². The second kappa shape index (κ2) is 4.50. The predicted molar refractivity (Wildman–Crippen MR) is 73.0 cm³/mol. The first-order chi connectivity index (χ1) is 9.72. The van der Waals surface area contributed by atoms with E-state index in [-0.39, 0.29) is 0 Å². The van der Waals surface area contributed by atoms with Crippen LogP contribution in [-0.2, 0) is 0 Å². The van der Waals surface area contributed by atoms with Crippen molar-refractivity contribution in [2.45, 2.75) is 0 Å². The maximum absolute atomic E-state index is 12.1. The van der Waals surface area contributed by atoms with E-state index in [0.29, 0.717) is 22.3 Å². The Morgan fingerprint density at radius 1 is 0.800 bits per heavy atom. The fourth-order valence-corrected chi connectivity index (χ4v) is 2.30. The van der Waals surface area contributed by atoms with E-state index in [4.69, 9.17) is 5.26 Å². The number of rotatable bonds is 0. The third kappa shape index (κ3) is 1.70. The van der Waals surface area contributed by atoms with Gasteiger partial charge < -0.3 is 0 Å². The third-order valence-electron chi connectivity index (χ3n) is 3.20. The van der Waals surface area contributed by atoms with Crippen molar-refractivity contribution in [1.82, 2.24) is 0 Å². The Labute approximate surface area is 115 Å². The van der Waals surface area contributed by atoms with E-state index < -0.39 is 11.6 Å². The number of benzene rings is 2. The van der Waals surface area contributed by atoms with Crippen molar-refractivity contribution in [2.24, 2.45) is 0 Å². The van der Waals surface area contributed by atoms with Crippen LogP contribution in [0.4, 0.5) is 0 Å². The quantitative estimate of drug-likeness (QED) is 0.538. The molecule has 0 unspecified atom stereocenters. The molecule has 0 N–H and O–H groups in total. The number of hydrogen-bond acceptors (Lipinski definition) is 3. The van der Waals surface area contributed by atoms with Crippen molar-refractivity contribution in [1.29, 1.82) is 5.26 Å². The van der Waals surface area contributed by atoms with Crippen LogP contribution in [0.5, 0.6) is 0 Å². The smallest absolute Gasteiger partial charge is 0.234 e. The molecule has 0 bridgehead atoms. The molecule has 1 aliphatic rings. The minimum Gasteiger partial charge on any atom is -0.285 e. The molecule has 3 rings (SSSR count). The van der Waals surface area contributed by atoms with Gasteiger partial charge in [0.1, 0.15) is 0 Å². The number of carbonyl (C=O) groups excluding carboxylic acids is 2. The minimum absolute atomic E-state index is 0.385. The summed E-state index contributed by atoms with van der Waals surface area (Å²) in [5.74, 6) is 4.03. The number of ketones is 2. The summed E-state index contributed by atoms with van der Waals surface area (Å²) >= 11 is 0. The highest BCUT2D eigenvalue weighted by Gasteiger charge is 2.29. The summed E-state index contributed by atoms with van der Waals surface area (Å²) in [6.07, 6.45) is 0. The molecule has 1 aliphatic carbocycles. The molecule has 0 fully saturated rings. The van der Waals surface area contributed by atoms with E-state index in [2.05, 4.69) is 11.8 Å². The number of carbonyl (C=O) groups is 2. The fourth-order valence-electron chi connectivity index (χ4n) is 2.30. The van der Waals surface area contributed by atoms with Gasteiger partial charge in [0, 0.05) is 22.6 Å². The van der Waals surface area contributed by atoms with Gasteiger partial charge in [-0.25, -0.2) is 0 Å². The summed E-state index contributed by atoms with van der Waals surface area (Å²) in [4.78, 5) is 24.1. The highest BCUT2D eigenvalue weighted by atomic mass is 16.2. The monoisotopic (exact) mass is 257 g/mol. The zero-order valence-corrected chi connectivity index (χ0v) is 10.3. The minimum atomic E-state index is -0.501. The Balaban J connectivity index is 2.29. The van der Waals surface area contributed by atoms with Crippen LogP contribution >= 0.6 is 0 Å². The highest BCUT2D eigenvalue weighted by molar-refractivity contribution is 6.53. The summed E-state index contributed by atoms with van der Waals surface area (Å²) in [6, 6.07) is 13.7. The van der Waals surface area contributed by atoms with Crippen LogP contribution in [0.15, 0.2) is 42.5 Å². The fraction of sp³-hybridized carbons (Fsp3) is 0.